The van der Waals surface area contributed by atoms with Gasteiger partial charge in [-0.05, 0) is 54.8 Å². The molecule has 1 aliphatic rings. The largest absolute Gasteiger partial charge is 0.496 e. The van der Waals surface area contributed by atoms with Gasteiger partial charge in [-0.25, -0.2) is 0 Å². The molecule has 3 nitrogen and oxygen atoms in total. The van der Waals surface area contributed by atoms with Crippen LogP contribution >= 0.6 is 15.9 Å². The van der Waals surface area contributed by atoms with Gasteiger partial charge >= 0.3 is 0 Å². The lowest BCUT2D eigenvalue weighted by Gasteiger charge is -2.28. The first kappa shape index (κ1) is 15.1. The van der Waals surface area contributed by atoms with E-state index in [4.69, 9.17) is 4.74 Å². The van der Waals surface area contributed by atoms with Crippen LogP contribution in [0.5, 0.6) is 5.75 Å². The molecule has 0 saturated heterocycles. The van der Waals surface area contributed by atoms with Crippen molar-refractivity contribution in [2.24, 2.45) is 0 Å². The second-order valence-corrected chi connectivity index (χ2v) is 6.63. The minimum absolute atomic E-state index is 0.00972. The standard InChI is InChI=1S/C18H18BrNO2/c1-10-6-14-13(9-18(21)20-16(14)7-11(10)2)15-8-12(19)4-5-17(15)22-3/h4-8,13H,9H2,1-3H3,(H,20,21)/t13-/m1/s1. The molecule has 1 heterocycles. The van der Waals surface area contributed by atoms with Crippen molar-refractivity contribution < 1.29 is 9.53 Å². The molecule has 1 amide bonds. The Kier molecular flexibility index (Phi) is 3.96. The number of ether oxygens (including phenoxy) is 1. The normalized spacial score (nSPS) is 16.9. The number of methoxy groups -OCH3 is 1. The Labute approximate surface area is 138 Å². The van der Waals surface area contributed by atoms with Crippen molar-refractivity contribution in [1.29, 1.82) is 0 Å². The molecule has 0 fully saturated rings. The molecular weight excluding hydrogens is 342 g/mol. The van der Waals surface area contributed by atoms with E-state index in [1.807, 2.05) is 18.2 Å². The number of benzene rings is 2. The molecule has 1 N–H and O–H groups in total. The van der Waals surface area contributed by atoms with Crippen molar-refractivity contribution in [3.63, 3.8) is 0 Å². The molecule has 0 aromatic heterocycles. The highest BCUT2D eigenvalue weighted by Crippen LogP contribution is 2.42. The molecule has 2 aromatic rings. The maximum Gasteiger partial charge on any atom is 0.225 e. The molecule has 0 unspecified atom stereocenters. The lowest BCUT2D eigenvalue weighted by Crippen LogP contribution is -2.24. The molecule has 0 radical (unpaired) electrons. The maximum atomic E-state index is 12.1. The van der Waals surface area contributed by atoms with Gasteiger partial charge in [-0.2, -0.15) is 0 Å². The van der Waals surface area contributed by atoms with Crippen molar-refractivity contribution >= 4 is 27.5 Å². The van der Waals surface area contributed by atoms with Gasteiger partial charge in [0.25, 0.3) is 0 Å². The number of amides is 1. The van der Waals surface area contributed by atoms with Crippen molar-refractivity contribution in [3.05, 3.63) is 57.1 Å². The van der Waals surface area contributed by atoms with E-state index in [0.717, 1.165) is 27.0 Å². The Morgan fingerprint density at radius 3 is 2.59 bits per heavy atom. The van der Waals surface area contributed by atoms with E-state index in [2.05, 4.69) is 47.2 Å². The average Bonchev–Trinajstić information content (AvgIpc) is 2.48. The number of anilines is 1. The second kappa shape index (κ2) is 5.76. The van der Waals surface area contributed by atoms with Crippen molar-refractivity contribution in [2.45, 2.75) is 26.2 Å². The summed E-state index contributed by atoms with van der Waals surface area (Å²) in [6, 6.07) is 10.2. The van der Waals surface area contributed by atoms with Crippen LogP contribution < -0.4 is 10.1 Å². The predicted octanol–water partition coefficient (Wildman–Crippen LogP) is 4.55. The molecule has 4 heteroatoms. The van der Waals surface area contributed by atoms with Gasteiger partial charge in [-0.1, -0.05) is 22.0 Å². The highest BCUT2D eigenvalue weighted by molar-refractivity contribution is 9.10. The summed E-state index contributed by atoms with van der Waals surface area (Å²) in [5.41, 5.74) is 5.51. The maximum absolute atomic E-state index is 12.1. The number of hydrogen-bond donors (Lipinski definition) is 1. The highest BCUT2D eigenvalue weighted by atomic mass is 79.9. The smallest absolute Gasteiger partial charge is 0.225 e. The fourth-order valence-electron chi connectivity index (χ4n) is 2.99. The van der Waals surface area contributed by atoms with Crippen LogP contribution in [0.3, 0.4) is 0 Å². The molecule has 1 atom stereocenters. The third kappa shape index (κ3) is 2.63. The van der Waals surface area contributed by atoms with E-state index in [1.165, 1.54) is 11.1 Å². The van der Waals surface area contributed by atoms with Gasteiger partial charge < -0.3 is 10.1 Å². The van der Waals surface area contributed by atoms with Crippen LogP contribution in [0, 0.1) is 13.8 Å². The third-order valence-electron chi connectivity index (χ3n) is 4.27. The molecular formula is C18H18BrNO2. The number of carbonyl (C=O) groups excluding carboxylic acids is 1. The number of hydrogen-bond acceptors (Lipinski definition) is 2. The highest BCUT2D eigenvalue weighted by Gasteiger charge is 2.29. The topological polar surface area (TPSA) is 38.3 Å². The van der Waals surface area contributed by atoms with Gasteiger partial charge in [-0.3, -0.25) is 4.79 Å². The number of aryl methyl sites for hydroxylation is 2. The van der Waals surface area contributed by atoms with E-state index in [-0.39, 0.29) is 11.8 Å². The van der Waals surface area contributed by atoms with Crippen LogP contribution in [0.15, 0.2) is 34.8 Å². The van der Waals surface area contributed by atoms with Crippen molar-refractivity contribution in [3.8, 4) is 5.75 Å². The van der Waals surface area contributed by atoms with Gasteiger partial charge in [0, 0.05) is 28.1 Å². The van der Waals surface area contributed by atoms with Crippen LogP contribution in [0.2, 0.25) is 0 Å². The van der Waals surface area contributed by atoms with Crippen LogP contribution in [0.25, 0.3) is 0 Å². The monoisotopic (exact) mass is 359 g/mol. The van der Waals surface area contributed by atoms with Crippen LogP contribution in [0.4, 0.5) is 5.69 Å². The molecule has 0 bridgehead atoms. The Morgan fingerprint density at radius 2 is 1.86 bits per heavy atom. The van der Waals surface area contributed by atoms with Gasteiger partial charge in [0.15, 0.2) is 0 Å². The van der Waals surface area contributed by atoms with E-state index in [0.29, 0.717) is 6.42 Å². The Morgan fingerprint density at radius 1 is 1.14 bits per heavy atom. The summed E-state index contributed by atoms with van der Waals surface area (Å²) in [5.74, 6) is 0.866. The predicted molar refractivity (Wildman–Crippen MR) is 91.7 cm³/mol. The molecule has 3 rings (SSSR count). The fourth-order valence-corrected chi connectivity index (χ4v) is 3.37. The van der Waals surface area contributed by atoms with Crippen LogP contribution in [0.1, 0.15) is 34.6 Å². The first-order valence-corrected chi connectivity index (χ1v) is 8.03. The second-order valence-electron chi connectivity index (χ2n) is 5.71. The Bertz CT molecular complexity index is 755. The minimum Gasteiger partial charge on any atom is -0.496 e. The van der Waals surface area contributed by atoms with Crippen LogP contribution in [-0.4, -0.2) is 13.0 Å². The lowest BCUT2D eigenvalue weighted by atomic mass is 9.83. The molecule has 2 aromatic carbocycles. The first-order chi connectivity index (χ1) is 10.5. The van der Waals surface area contributed by atoms with E-state index < -0.39 is 0 Å². The van der Waals surface area contributed by atoms with Crippen molar-refractivity contribution in [1.82, 2.24) is 0 Å². The van der Waals surface area contributed by atoms with E-state index >= 15 is 0 Å². The summed E-state index contributed by atoms with van der Waals surface area (Å²) in [6.45, 7) is 4.16. The molecule has 0 spiro atoms. The number of rotatable bonds is 2. The fraction of sp³-hybridized carbons (Fsp3) is 0.278. The van der Waals surface area contributed by atoms with Crippen LogP contribution in [-0.2, 0) is 4.79 Å². The SMILES string of the molecule is COc1ccc(Br)cc1[C@@H]1CC(=O)Nc2cc(C)c(C)cc21. The molecule has 0 aliphatic carbocycles. The summed E-state index contributed by atoms with van der Waals surface area (Å²) in [6.07, 6.45) is 0.433. The lowest BCUT2D eigenvalue weighted by molar-refractivity contribution is -0.116. The third-order valence-corrected chi connectivity index (χ3v) is 4.77. The summed E-state index contributed by atoms with van der Waals surface area (Å²) in [5, 5.41) is 2.99. The van der Waals surface area contributed by atoms with Gasteiger partial charge in [0.2, 0.25) is 5.91 Å². The van der Waals surface area contributed by atoms with E-state index in [9.17, 15) is 4.79 Å². The molecule has 22 heavy (non-hydrogen) atoms. The number of carbonyl (C=O) groups is 1. The number of fused-ring (bicyclic) bond motifs is 1. The Balaban J connectivity index is 2.19. The summed E-state index contributed by atoms with van der Waals surface area (Å²) >= 11 is 3.52. The van der Waals surface area contributed by atoms with Gasteiger partial charge in [-0.15, -0.1) is 0 Å². The minimum atomic E-state index is 0.00972. The molecule has 114 valence electrons. The Hall–Kier alpha value is -1.81. The summed E-state index contributed by atoms with van der Waals surface area (Å²) in [7, 11) is 1.66. The van der Waals surface area contributed by atoms with Gasteiger partial charge in [0.1, 0.15) is 5.75 Å². The zero-order valence-corrected chi connectivity index (χ0v) is 14.5. The molecule has 1 aliphatic heterocycles. The van der Waals surface area contributed by atoms with Crippen molar-refractivity contribution in [2.75, 3.05) is 12.4 Å². The molecule has 0 saturated carbocycles. The zero-order valence-electron chi connectivity index (χ0n) is 12.9. The summed E-state index contributed by atoms with van der Waals surface area (Å²) < 4.78 is 6.49. The summed E-state index contributed by atoms with van der Waals surface area (Å²) in [4.78, 5) is 12.1. The first-order valence-electron chi connectivity index (χ1n) is 7.24. The average molecular weight is 360 g/mol. The van der Waals surface area contributed by atoms with Gasteiger partial charge in [0.05, 0.1) is 7.11 Å². The van der Waals surface area contributed by atoms with E-state index in [1.54, 1.807) is 7.11 Å². The quantitative estimate of drug-likeness (QED) is 0.853. The number of halogens is 1. The number of nitrogens with one attached hydrogen (secondary N) is 1. The zero-order chi connectivity index (χ0) is 15.9.